The van der Waals surface area contributed by atoms with Crippen molar-refractivity contribution >= 4 is 5.82 Å². The maximum atomic E-state index is 8.59. The number of pyridine rings is 1. The minimum Gasteiger partial charge on any atom is -0.369 e. The number of rotatable bonds is 3. The van der Waals surface area contributed by atoms with Gasteiger partial charge in [-0.25, -0.2) is 4.98 Å². The van der Waals surface area contributed by atoms with Crippen molar-refractivity contribution in [2.75, 3.05) is 11.9 Å². The van der Waals surface area contributed by atoms with Crippen LogP contribution in [0, 0.1) is 28.6 Å². The van der Waals surface area contributed by atoms with Gasteiger partial charge in [0.25, 0.3) is 0 Å². The summed E-state index contributed by atoms with van der Waals surface area (Å²) in [6.45, 7) is 2.36. The lowest BCUT2D eigenvalue weighted by Gasteiger charge is -2.05. The number of hydrogen-bond acceptors (Lipinski definition) is 4. The van der Waals surface area contributed by atoms with Gasteiger partial charge in [-0.3, -0.25) is 0 Å². The molecule has 1 heterocycles. The van der Waals surface area contributed by atoms with Crippen LogP contribution in [0.1, 0.15) is 12.6 Å². The number of nitrogens with one attached hydrogen (secondary N) is 1. The zero-order valence-electron chi connectivity index (χ0n) is 7.86. The minimum absolute atomic E-state index is 0.0671. The standard InChI is InChI=1S/C10H10N4/c1-8(5-11)7-13-10-4-2-3-9(6-12)14-10/h2-4,8H,7H2,1H3,(H,13,14). The average Bonchev–Trinajstić information content (AvgIpc) is 2.26. The smallest absolute Gasteiger partial charge is 0.142 e. The maximum Gasteiger partial charge on any atom is 0.142 e. The molecule has 0 aliphatic carbocycles. The Bertz CT molecular complexity index is 386. The van der Waals surface area contributed by atoms with Crippen molar-refractivity contribution in [3.8, 4) is 12.1 Å². The quantitative estimate of drug-likeness (QED) is 0.776. The molecule has 1 rings (SSSR count). The van der Waals surface area contributed by atoms with E-state index < -0.39 is 0 Å². The molecule has 1 atom stereocenters. The predicted octanol–water partition coefficient (Wildman–Crippen LogP) is 1.52. The molecule has 4 heteroatoms. The molecule has 14 heavy (non-hydrogen) atoms. The van der Waals surface area contributed by atoms with Crippen LogP contribution in [0.3, 0.4) is 0 Å². The summed E-state index contributed by atoms with van der Waals surface area (Å²) in [5.41, 5.74) is 0.375. The largest absolute Gasteiger partial charge is 0.369 e. The Hall–Kier alpha value is -2.07. The van der Waals surface area contributed by atoms with E-state index in [2.05, 4.69) is 16.4 Å². The fourth-order valence-corrected chi connectivity index (χ4v) is 0.899. The minimum atomic E-state index is -0.0671. The first-order chi connectivity index (χ1) is 6.76. The number of anilines is 1. The molecule has 0 radical (unpaired) electrons. The molecule has 1 unspecified atom stereocenters. The van der Waals surface area contributed by atoms with E-state index in [1.807, 2.05) is 13.0 Å². The van der Waals surface area contributed by atoms with Crippen molar-refractivity contribution in [3.05, 3.63) is 23.9 Å². The zero-order chi connectivity index (χ0) is 10.4. The van der Waals surface area contributed by atoms with Crippen molar-refractivity contribution in [1.82, 2.24) is 4.98 Å². The van der Waals surface area contributed by atoms with E-state index in [0.717, 1.165) is 0 Å². The molecule has 0 amide bonds. The molecule has 1 aromatic heterocycles. The Labute approximate surface area is 82.8 Å². The summed E-state index contributed by atoms with van der Waals surface area (Å²) in [5, 5.41) is 20.1. The predicted molar refractivity (Wildman–Crippen MR) is 52.2 cm³/mol. The number of aromatic nitrogens is 1. The number of hydrogen-bond donors (Lipinski definition) is 1. The highest BCUT2D eigenvalue weighted by atomic mass is 15.0. The fourth-order valence-electron chi connectivity index (χ4n) is 0.899. The second-order valence-corrected chi connectivity index (χ2v) is 2.93. The fraction of sp³-hybridized carbons (Fsp3) is 0.300. The first-order valence-electron chi connectivity index (χ1n) is 4.27. The lowest BCUT2D eigenvalue weighted by Crippen LogP contribution is -2.10. The van der Waals surface area contributed by atoms with Crippen LogP contribution in [-0.4, -0.2) is 11.5 Å². The molecule has 1 aromatic rings. The molecular formula is C10H10N4. The van der Waals surface area contributed by atoms with Crippen molar-refractivity contribution in [3.63, 3.8) is 0 Å². The van der Waals surface area contributed by atoms with Crippen LogP contribution in [0.15, 0.2) is 18.2 Å². The van der Waals surface area contributed by atoms with E-state index in [4.69, 9.17) is 10.5 Å². The normalized spacial score (nSPS) is 11.1. The van der Waals surface area contributed by atoms with E-state index in [1.54, 1.807) is 18.2 Å². The van der Waals surface area contributed by atoms with Gasteiger partial charge in [0, 0.05) is 6.54 Å². The summed E-state index contributed by atoms with van der Waals surface area (Å²) in [7, 11) is 0. The number of nitriles is 2. The molecule has 0 spiro atoms. The highest BCUT2D eigenvalue weighted by Crippen LogP contribution is 2.04. The molecule has 0 saturated heterocycles. The molecule has 0 fully saturated rings. The van der Waals surface area contributed by atoms with Crippen molar-refractivity contribution in [1.29, 1.82) is 10.5 Å². The van der Waals surface area contributed by atoms with Gasteiger partial charge >= 0.3 is 0 Å². The summed E-state index contributed by atoms with van der Waals surface area (Å²) in [6, 6.07) is 9.22. The third-order valence-corrected chi connectivity index (χ3v) is 1.67. The van der Waals surface area contributed by atoms with Gasteiger partial charge in [-0.05, 0) is 19.1 Å². The van der Waals surface area contributed by atoms with Crippen LogP contribution in [-0.2, 0) is 0 Å². The van der Waals surface area contributed by atoms with Crippen LogP contribution >= 0.6 is 0 Å². The third kappa shape index (κ3) is 2.76. The SMILES string of the molecule is CC(C#N)CNc1cccc(C#N)n1. The van der Waals surface area contributed by atoms with Crippen LogP contribution < -0.4 is 5.32 Å². The Morgan fingerprint density at radius 1 is 1.50 bits per heavy atom. The third-order valence-electron chi connectivity index (χ3n) is 1.67. The second kappa shape index (κ2) is 4.84. The molecule has 0 aromatic carbocycles. The van der Waals surface area contributed by atoms with Crippen LogP contribution in [0.5, 0.6) is 0 Å². The van der Waals surface area contributed by atoms with E-state index in [1.165, 1.54) is 0 Å². The first-order valence-corrected chi connectivity index (χ1v) is 4.27. The Kier molecular flexibility index (Phi) is 3.46. The molecule has 4 nitrogen and oxygen atoms in total. The molecular weight excluding hydrogens is 176 g/mol. The van der Waals surface area contributed by atoms with Gasteiger partial charge in [-0.1, -0.05) is 6.07 Å². The maximum absolute atomic E-state index is 8.59. The molecule has 0 aliphatic rings. The molecule has 0 saturated carbocycles. The molecule has 0 bridgehead atoms. The Morgan fingerprint density at radius 3 is 2.93 bits per heavy atom. The van der Waals surface area contributed by atoms with Gasteiger partial charge in [-0.15, -0.1) is 0 Å². The van der Waals surface area contributed by atoms with Gasteiger partial charge in [0.1, 0.15) is 17.6 Å². The van der Waals surface area contributed by atoms with Crippen LogP contribution in [0.4, 0.5) is 5.82 Å². The van der Waals surface area contributed by atoms with E-state index in [-0.39, 0.29) is 5.92 Å². The summed E-state index contributed by atoms with van der Waals surface area (Å²) in [5.74, 6) is 0.564. The molecule has 0 aliphatic heterocycles. The first kappa shape index (κ1) is 10.0. The number of nitrogens with zero attached hydrogens (tertiary/aromatic N) is 3. The lowest BCUT2D eigenvalue weighted by molar-refractivity contribution is 0.783. The van der Waals surface area contributed by atoms with E-state index in [0.29, 0.717) is 18.1 Å². The zero-order valence-corrected chi connectivity index (χ0v) is 7.86. The van der Waals surface area contributed by atoms with Crippen LogP contribution in [0.25, 0.3) is 0 Å². The summed E-state index contributed by atoms with van der Waals surface area (Å²) < 4.78 is 0. The second-order valence-electron chi connectivity index (χ2n) is 2.93. The van der Waals surface area contributed by atoms with Crippen molar-refractivity contribution < 1.29 is 0 Å². The van der Waals surface area contributed by atoms with Gasteiger partial charge < -0.3 is 5.32 Å². The summed E-state index contributed by atoms with van der Waals surface area (Å²) in [4.78, 5) is 4.02. The van der Waals surface area contributed by atoms with Crippen LogP contribution in [0.2, 0.25) is 0 Å². The van der Waals surface area contributed by atoms with Gasteiger partial charge in [0.05, 0.1) is 12.0 Å². The van der Waals surface area contributed by atoms with Crippen molar-refractivity contribution in [2.24, 2.45) is 5.92 Å². The monoisotopic (exact) mass is 186 g/mol. The summed E-state index contributed by atoms with van der Waals surface area (Å²) in [6.07, 6.45) is 0. The van der Waals surface area contributed by atoms with E-state index >= 15 is 0 Å². The molecule has 1 N–H and O–H groups in total. The van der Waals surface area contributed by atoms with Gasteiger partial charge in [-0.2, -0.15) is 10.5 Å². The highest BCUT2D eigenvalue weighted by molar-refractivity contribution is 5.38. The lowest BCUT2D eigenvalue weighted by atomic mass is 10.2. The van der Waals surface area contributed by atoms with Gasteiger partial charge in [0.15, 0.2) is 0 Å². The van der Waals surface area contributed by atoms with E-state index in [9.17, 15) is 0 Å². The average molecular weight is 186 g/mol. The topological polar surface area (TPSA) is 72.5 Å². The molecule has 70 valence electrons. The highest BCUT2D eigenvalue weighted by Gasteiger charge is 2.00. The Balaban J connectivity index is 2.61. The van der Waals surface area contributed by atoms with Crippen molar-refractivity contribution in [2.45, 2.75) is 6.92 Å². The summed E-state index contributed by atoms with van der Waals surface area (Å²) >= 11 is 0. The Morgan fingerprint density at radius 2 is 2.29 bits per heavy atom. The van der Waals surface area contributed by atoms with Gasteiger partial charge in [0.2, 0.25) is 0 Å².